The summed E-state index contributed by atoms with van der Waals surface area (Å²) in [4.78, 5) is 37.8. The summed E-state index contributed by atoms with van der Waals surface area (Å²) in [6.07, 6.45) is 56.2. The normalized spacial score (nSPS) is 12.5. The monoisotopic (exact) mass is 811 g/mol. The van der Waals surface area contributed by atoms with Crippen LogP contribution in [0.5, 0.6) is 0 Å². The highest BCUT2D eigenvalue weighted by molar-refractivity contribution is 5.71. The standard InChI is InChI=1S/C52H90O6/c1-4-7-10-13-16-19-22-24-26-28-30-33-36-39-42-45-51(54)57-48-49(47-56-50(53)44-41-38-35-32-21-18-15-12-9-6-3)58-52(55)46-43-40-37-34-31-29-27-25-23-20-17-14-11-8-5-2/h7,10,13,16,19-20,22-24,26,49H,4-6,8-9,11-12,14-15,17-18,21,25,27-48H2,1-3H3/b10-7-,16-13-,22-19-,23-20-,26-24-. The molecule has 0 aliphatic rings. The summed E-state index contributed by atoms with van der Waals surface area (Å²) in [5, 5.41) is 0. The molecule has 0 aromatic carbocycles. The maximum Gasteiger partial charge on any atom is 0.306 e. The molecule has 6 heteroatoms. The molecule has 1 atom stereocenters. The summed E-state index contributed by atoms with van der Waals surface area (Å²) in [7, 11) is 0. The minimum atomic E-state index is -0.782. The predicted octanol–water partition coefficient (Wildman–Crippen LogP) is 15.7. The molecule has 0 heterocycles. The quantitative estimate of drug-likeness (QED) is 0.0201. The van der Waals surface area contributed by atoms with Gasteiger partial charge in [-0.1, -0.05) is 210 Å². The molecule has 0 aliphatic carbocycles. The van der Waals surface area contributed by atoms with Crippen LogP contribution in [-0.2, 0) is 28.6 Å². The van der Waals surface area contributed by atoms with Gasteiger partial charge in [0.05, 0.1) is 0 Å². The van der Waals surface area contributed by atoms with Gasteiger partial charge in [-0.3, -0.25) is 14.4 Å². The Kier molecular flexibility index (Phi) is 44.5. The van der Waals surface area contributed by atoms with E-state index in [4.69, 9.17) is 14.2 Å². The minimum Gasteiger partial charge on any atom is -0.462 e. The van der Waals surface area contributed by atoms with Crippen molar-refractivity contribution in [3.05, 3.63) is 60.8 Å². The maximum absolute atomic E-state index is 12.8. The molecule has 0 spiro atoms. The number of carbonyl (C=O) groups excluding carboxylic acids is 3. The van der Waals surface area contributed by atoms with Gasteiger partial charge in [0.1, 0.15) is 13.2 Å². The first-order valence-corrected chi connectivity index (χ1v) is 24.3. The van der Waals surface area contributed by atoms with Gasteiger partial charge in [-0.2, -0.15) is 0 Å². The topological polar surface area (TPSA) is 78.9 Å². The van der Waals surface area contributed by atoms with Gasteiger partial charge in [-0.15, -0.1) is 0 Å². The summed E-state index contributed by atoms with van der Waals surface area (Å²) >= 11 is 0. The van der Waals surface area contributed by atoms with Crippen molar-refractivity contribution < 1.29 is 28.6 Å². The Morgan fingerprint density at radius 3 is 1.12 bits per heavy atom. The zero-order valence-corrected chi connectivity index (χ0v) is 38.0. The smallest absolute Gasteiger partial charge is 0.306 e. The van der Waals surface area contributed by atoms with Crippen molar-refractivity contribution >= 4 is 17.9 Å². The van der Waals surface area contributed by atoms with E-state index in [2.05, 4.69) is 63.3 Å². The van der Waals surface area contributed by atoms with E-state index in [1.165, 1.54) is 109 Å². The van der Waals surface area contributed by atoms with Gasteiger partial charge < -0.3 is 14.2 Å². The van der Waals surface area contributed by atoms with Gasteiger partial charge in [0.15, 0.2) is 6.10 Å². The summed E-state index contributed by atoms with van der Waals surface area (Å²) in [5.41, 5.74) is 0. The average Bonchev–Trinajstić information content (AvgIpc) is 3.22. The molecule has 0 aliphatic heterocycles. The largest absolute Gasteiger partial charge is 0.462 e. The molecule has 0 radical (unpaired) electrons. The molecule has 0 amide bonds. The summed E-state index contributed by atoms with van der Waals surface area (Å²) in [6.45, 7) is 6.45. The van der Waals surface area contributed by atoms with E-state index in [1.54, 1.807) is 0 Å². The lowest BCUT2D eigenvalue weighted by Crippen LogP contribution is -2.30. The summed E-state index contributed by atoms with van der Waals surface area (Å²) < 4.78 is 16.7. The van der Waals surface area contributed by atoms with E-state index in [0.717, 1.165) is 83.5 Å². The van der Waals surface area contributed by atoms with Gasteiger partial charge in [0.25, 0.3) is 0 Å². The number of carbonyl (C=O) groups is 3. The lowest BCUT2D eigenvalue weighted by Gasteiger charge is -2.18. The van der Waals surface area contributed by atoms with Crippen LogP contribution in [0.1, 0.15) is 233 Å². The van der Waals surface area contributed by atoms with Crippen molar-refractivity contribution in [1.82, 2.24) is 0 Å². The molecule has 6 nitrogen and oxygen atoms in total. The molecule has 0 aromatic heterocycles. The van der Waals surface area contributed by atoms with Crippen LogP contribution >= 0.6 is 0 Å². The van der Waals surface area contributed by atoms with Crippen molar-refractivity contribution in [3.8, 4) is 0 Å². The van der Waals surface area contributed by atoms with E-state index in [-0.39, 0.29) is 31.1 Å². The Morgan fingerprint density at radius 2 is 0.690 bits per heavy atom. The van der Waals surface area contributed by atoms with Crippen LogP contribution in [-0.4, -0.2) is 37.2 Å². The van der Waals surface area contributed by atoms with Crippen molar-refractivity contribution in [2.24, 2.45) is 0 Å². The highest BCUT2D eigenvalue weighted by Gasteiger charge is 2.19. The molecule has 0 fully saturated rings. The highest BCUT2D eigenvalue weighted by atomic mass is 16.6. The van der Waals surface area contributed by atoms with Crippen LogP contribution in [0.3, 0.4) is 0 Å². The van der Waals surface area contributed by atoms with Crippen LogP contribution in [0.4, 0.5) is 0 Å². The zero-order valence-electron chi connectivity index (χ0n) is 38.0. The van der Waals surface area contributed by atoms with Gasteiger partial charge in [-0.05, 0) is 64.2 Å². The molecular formula is C52H90O6. The predicted molar refractivity (Wildman–Crippen MR) is 247 cm³/mol. The number of rotatable bonds is 43. The van der Waals surface area contributed by atoms with Crippen molar-refractivity contribution in [2.45, 2.75) is 239 Å². The first-order valence-electron chi connectivity index (χ1n) is 24.3. The molecule has 0 rings (SSSR count). The fourth-order valence-corrected chi connectivity index (χ4v) is 6.68. The molecule has 0 saturated carbocycles. The molecule has 58 heavy (non-hydrogen) atoms. The zero-order chi connectivity index (χ0) is 42.3. The van der Waals surface area contributed by atoms with Crippen LogP contribution in [0.15, 0.2) is 60.8 Å². The third kappa shape index (κ3) is 44.2. The number of ether oxygens (including phenoxy) is 3. The molecule has 334 valence electrons. The summed E-state index contributed by atoms with van der Waals surface area (Å²) in [5.74, 6) is -0.911. The molecule has 0 N–H and O–H groups in total. The number of esters is 3. The van der Waals surface area contributed by atoms with Crippen molar-refractivity contribution in [1.29, 1.82) is 0 Å². The third-order valence-corrected chi connectivity index (χ3v) is 10.4. The number of hydrogen-bond donors (Lipinski definition) is 0. The van der Waals surface area contributed by atoms with Gasteiger partial charge in [-0.25, -0.2) is 0 Å². The molecule has 0 bridgehead atoms. The third-order valence-electron chi connectivity index (χ3n) is 10.4. The van der Waals surface area contributed by atoms with Gasteiger partial charge in [0.2, 0.25) is 0 Å². The first-order chi connectivity index (χ1) is 28.5. The van der Waals surface area contributed by atoms with E-state index in [1.807, 2.05) is 18.2 Å². The van der Waals surface area contributed by atoms with Crippen LogP contribution < -0.4 is 0 Å². The highest BCUT2D eigenvalue weighted by Crippen LogP contribution is 2.14. The van der Waals surface area contributed by atoms with Crippen LogP contribution in [0, 0.1) is 0 Å². The van der Waals surface area contributed by atoms with Crippen LogP contribution in [0.25, 0.3) is 0 Å². The van der Waals surface area contributed by atoms with E-state index < -0.39 is 6.10 Å². The first kappa shape index (κ1) is 55.1. The Morgan fingerprint density at radius 1 is 0.362 bits per heavy atom. The average molecular weight is 811 g/mol. The van der Waals surface area contributed by atoms with Gasteiger partial charge in [0, 0.05) is 19.3 Å². The number of hydrogen-bond acceptors (Lipinski definition) is 6. The Hall–Kier alpha value is -2.89. The SMILES string of the molecule is CC\C=C/C=C\C=C/C=C\CCCCCCCC(=O)OCC(COC(=O)CCCCCCCCCCCC)OC(=O)CCCCCCCCC/C=C\CCCCCC. The fourth-order valence-electron chi connectivity index (χ4n) is 6.68. The number of allylic oxidation sites excluding steroid dienone is 10. The molecular weight excluding hydrogens is 721 g/mol. The Bertz CT molecular complexity index is 1070. The maximum atomic E-state index is 12.8. The minimum absolute atomic E-state index is 0.0824. The molecule has 0 saturated heterocycles. The second-order valence-corrected chi connectivity index (χ2v) is 16.1. The lowest BCUT2D eigenvalue weighted by atomic mass is 10.1. The van der Waals surface area contributed by atoms with E-state index in [0.29, 0.717) is 19.3 Å². The fraction of sp³-hybridized carbons (Fsp3) is 0.750. The molecule has 0 aromatic rings. The summed E-state index contributed by atoms with van der Waals surface area (Å²) in [6, 6.07) is 0. The van der Waals surface area contributed by atoms with Crippen molar-refractivity contribution in [3.63, 3.8) is 0 Å². The van der Waals surface area contributed by atoms with Crippen molar-refractivity contribution in [2.75, 3.05) is 13.2 Å². The number of unbranched alkanes of at least 4 members (excludes halogenated alkanes) is 25. The molecule has 1 unspecified atom stereocenters. The van der Waals surface area contributed by atoms with Gasteiger partial charge >= 0.3 is 17.9 Å². The Balaban J connectivity index is 4.41. The lowest BCUT2D eigenvalue weighted by molar-refractivity contribution is -0.167. The van der Waals surface area contributed by atoms with E-state index >= 15 is 0 Å². The Labute approximate surface area is 358 Å². The van der Waals surface area contributed by atoms with Crippen LogP contribution in [0.2, 0.25) is 0 Å². The second-order valence-electron chi connectivity index (χ2n) is 16.1. The second kappa shape index (κ2) is 46.8. The van der Waals surface area contributed by atoms with E-state index in [9.17, 15) is 14.4 Å².